The zero-order valence-corrected chi connectivity index (χ0v) is 22.0. The largest absolute Gasteiger partial charge is 0.493 e. The molecule has 0 radical (unpaired) electrons. The van der Waals surface area contributed by atoms with E-state index in [9.17, 15) is 14.9 Å². The quantitative estimate of drug-likeness (QED) is 0.313. The van der Waals surface area contributed by atoms with Gasteiger partial charge in [-0.15, -0.1) is 0 Å². The molecule has 0 unspecified atom stereocenters. The lowest BCUT2D eigenvalue weighted by Crippen LogP contribution is -2.55. The van der Waals surface area contributed by atoms with Gasteiger partial charge in [0.05, 0.1) is 23.1 Å². The molecule has 2 saturated heterocycles. The number of carbonyl (C=O) groups is 1. The monoisotopic (exact) mass is 553 g/mol. The summed E-state index contributed by atoms with van der Waals surface area (Å²) in [5, 5.41) is 16.6. The standard InChI is InChI=1S/C28H25Cl2N3O5/c1-37-24-14-17(9-11-23(24)38-15-16-8-10-19(29)20(30)13-16)25-22-7-4-12-32(22)28(26(25)33(35)36)18-5-2-3-6-21(18)31-27(28)34/h2-3,5-6,8-11,13-14,22,25-26H,4,7,12,15H2,1H3,(H,31,34)/t22-,25+,26-,28+/m0/s1. The number of amides is 1. The number of para-hydroxylation sites is 1. The number of nitrogens with zero attached hydrogens (tertiary/aromatic N) is 2. The first-order valence-electron chi connectivity index (χ1n) is 12.4. The maximum Gasteiger partial charge on any atom is 0.256 e. The Labute approximate surface area is 229 Å². The molecule has 3 aromatic rings. The number of benzene rings is 3. The lowest BCUT2D eigenvalue weighted by molar-refractivity contribution is -0.534. The van der Waals surface area contributed by atoms with Crippen LogP contribution in [0.2, 0.25) is 10.0 Å². The molecule has 0 bridgehead atoms. The first-order chi connectivity index (χ1) is 18.4. The third-order valence-electron chi connectivity index (χ3n) is 8.05. The zero-order valence-electron chi connectivity index (χ0n) is 20.5. The van der Waals surface area contributed by atoms with E-state index in [1.807, 2.05) is 30.3 Å². The van der Waals surface area contributed by atoms with Crippen molar-refractivity contribution in [3.63, 3.8) is 0 Å². The van der Waals surface area contributed by atoms with E-state index >= 15 is 0 Å². The maximum atomic E-state index is 13.6. The second-order valence-electron chi connectivity index (χ2n) is 9.87. The molecule has 196 valence electrons. The highest BCUT2D eigenvalue weighted by atomic mass is 35.5. The molecule has 0 aliphatic carbocycles. The van der Waals surface area contributed by atoms with Gasteiger partial charge in [-0.3, -0.25) is 19.8 Å². The van der Waals surface area contributed by atoms with Crippen LogP contribution in [0.25, 0.3) is 0 Å². The average Bonchev–Trinajstić information content (AvgIpc) is 3.57. The number of halogens is 2. The number of nitrogens with one attached hydrogen (secondary N) is 1. The molecule has 8 nitrogen and oxygen atoms in total. The van der Waals surface area contributed by atoms with E-state index in [4.69, 9.17) is 32.7 Å². The van der Waals surface area contributed by atoms with Gasteiger partial charge in [-0.25, -0.2) is 0 Å². The lowest BCUT2D eigenvalue weighted by atomic mass is 9.77. The minimum Gasteiger partial charge on any atom is -0.493 e. The van der Waals surface area contributed by atoms with Gasteiger partial charge in [-0.1, -0.05) is 53.5 Å². The van der Waals surface area contributed by atoms with Gasteiger partial charge in [0, 0.05) is 28.8 Å². The van der Waals surface area contributed by atoms with Gasteiger partial charge in [0.15, 0.2) is 17.0 Å². The Balaban J connectivity index is 1.38. The summed E-state index contributed by atoms with van der Waals surface area (Å²) in [6, 6.07) is 16.7. The van der Waals surface area contributed by atoms with Crippen molar-refractivity contribution in [2.45, 2.75) is 43.0 Å². The number of rotatable bonds is 6. The summed E-state index contributed by atoms with van der Waals surface area (Å²) in [6.07, 6.45) is 1.63. The van der Waals surface area contributed by atoms with Crippen LogP contribution in [0.4, 0.5) is 5.69 Å². The minimum atomic E-state index is -1.36. The summed E-state index contributed by atoms with van der Waals surface area (Å²) in [5.41, 5.74) is 1.54. The molecule has 1 N–H and O–H groups in total. The molecule has 3 aromatic carbocycles. The van der Waals surface area contributed by atoms with Crippen LogP contribution in [0.3, 0.4) is 0 Å². The van der Waals surface area contributed by atoms with Gasteiger partial charge in [-0.2, -0.15) is 0 Å². The van der Waals surface area contributed by atoms with E-state index in [1.165, 1.54) is 7.11 Å². The lowest BCUT2D eigenvalue weighted by Gasteiger charge is -2.32. The molecule has 0 aromatic heterocycles. The van der Waals surface area contributed by atoms with E-state index in [1.54, 1.807) is 30.3 Å². The molecule has 1 spiro atoms. The molecule has 2 fully saturated rings. The number of hydrogen-bond donors (Lipinski definition) is 1. The fraction of sp³-hybridized carbons (Fsp3) is 0.321. The van der Waals surface area contributed by atoms with Gasteiger partial charge in [0.2, 0.25) is 0 Å². The van der Waals surface area contributed by atoms with Crippen molar-refractivity contribution in [3.05, 3.63) is 97.5 Å². The Morgan fingerprint density at radius 1 is 1.11 bits per heavy atom. The van der Waals surface area contributed by atoms with Crippen molar-refractivity contribution in [2.24, 2.45) is 0 Å². The number of ether oxygens (including phenoxy) is 2. The molecule has 6 rings (SSSR count). The fourth-order valence-electron chi connectivity index (χ4n) is 6.58. The topological polar surface area (TPSA) is 93.9 Å². The van der Waals surface area contributed by atoms with Crippen LogP contribution >= 0.6 is 23.2 Å². The third-order valence-corrected chi connectivity index (χ3v) is 8.78. The summed E-state index contributed by atoms with van der Waals surface area (Å²) in [7, 11) is 1.54. The highest BCUT2D eigenvalue weighted by Crippen LogP contribution is 2.58. The Morgan fingerprint density at radius 2 is 1.92 bits per heavy atom. The second-order valence-corrected chi connectivity index (χ2v) is 10.7. The summed E-state index contributed by atoms with van der Waals surface area (Å²) in [5.74, 6) is 0.122. The highest BCUT2D eigenvalue weighted by molar-refractivity contribution is 6.42. The van der Waals surface area contributed by atoms with Crippen molar-refractivity contribution in [3.8, 4) is 11.5 Å². The number of nitro groups is 1. The molecule has 4 atom stereocenters. The average molecular weight is 554 g/mol. The Bertz CT molecular complexity index is 1450. The predicted molar refractivity (Wildman–Crippen MR) is 144 cm³/mol. The van der Waals surface area contributed by atoms with Crippen LogP contribution < -0.4 is 14.8 Å². The van der Waals surface area contributed by atoms with Crippen molar-refractivity contribution in [1.82, 2.24) is 4.90 Å². The van der Waals surface area contributed by atoms with Crippen LogP contribution in [0, 0.1) is 10.1 Å². The molecular weight excluding hydrogens is 529 g/mol. The molecule has 3 aliphatic heterocycles. The number of methoxy groups -OCH3 is 1. The van der Waals surface area contributed by atoms with Crippen LogP contribution in [0.5, 0.6) is 11.5 Å². The minimum absolute atomic E-state index is 0.157. The molecule has 10 heteroatoms. The van der Waals surface area contributed by atoms with Gasteiger partial charge in [0.1, 0.15) is 6.61 Å². The molecule has 3 heterocycles. The molecule has 3 aliphatic rings. The fourth-order valence-corrected chi connectivity index (χ4v) is 6.90. The van der Waals surface area contributed by atoms with E-state index in [-0.39, 0.29) is 23.5 Å². The van der Waals surface area contributed by atoms with Crippen LogP contribution in [-0.2, 0) is 16.9 Å². The van der Waals surface area contributed by atoms with E-state index in [0.29, 0.717) is 39.3 Å². The Hall–Kier alpha value is -3.33. The summed E-state index contributed by atoms with van der Waals surface area (Å²) >= 11 is 12.1. The van der Waals surface area contributed by atoms with Crippen LogP contribution in [0.1, 0.15) is 35.4 Å². The first kappa shape index (κ1) is 25.0. The van der Waals surface area contributed by atoms with E-state index in [2.05, 4.69) is 10.2 Å². The van der Waals surface area contributed by atoms with E-state index in [0.717, 1.165) is 24.0 Å². The summed E-state index contributed by atoms with van der Waals surface area (Å²) < 4.78 is 11.7. The highest BCUT2D eigenvalue weighted by Gasteiger charge is 2.73. The molecule has 1 amide bonds. The number of anilines is 1. The normalized spacial score (nSPS) is 25.8. The smallest absolute Gasteiger partial charge is 0.256 e. The van der Waals surface area contributed by atoms with Crippen LogP contribution in [-0.4, -0.2) is 41.5 Å². The second kappa shape index (κ2) is 9.45. The molecule has 0 saturated carbocycles. The van der Waals surface area contributed by atoms with Gasteiger partial charge >= 0.3 is 0 Å². The van der Waals surface area contributed by atoms with Crippen molar-refractivity contribution in [1.29, 1.82) is 0 Å². The first-order valence-corrected chi connectivity index (χ1v) is 13.2. The third kappa shape index (κ3) is 3.66. The molecule has 38 heavy (non-hydrogen) atoms. The number of carbonyl (C=O) groups excluding carboxylic acids is 1. The summed E-state index contributed by atoms with van der Waals surface area (Å²) in [4.78, 5) is 28.2. The van der Waals surface area contributed by atoms with Gasteiger partial charge in [-0.05, 0) is 54.3 Å². The van der Waals surface area contributed by atoms with Crippen molar-refractivity contribution in [2.75, 3.05) is 19.0 Å². The predicted octanol–water partition coefficient (Wildman–Crippen LogP) is 5.64. The SMILES string of the molecule is COc1cc([C@H]2[C@H]([N+](=O)[O-])[C@]3(C(=O)Nc4ccccc43)N3CCC[C@@H]23)ccc1OCc1ccc(Cl)c(Cl)c1. The van der Waals surface area contributed by atoms with Crippen molar-refractivity contribution >= 4 is 34.8 Å². The number of hydrogen-bond acceptors (Lipinski definition) is 6. The molecular formula is C28H25Cl2N3O5. The van der Waals surface area contributed by atoms with Gasteiger partial charge in [0.25, 0.3) is 11.9 Å². The van der Waals surface area contributed by atoms with Gasteiger partial charge < -0.3 is 14.8 Å². The summed E-state index contributed by atoms with van der Waals surface area (Å²) in [6.45, 7) is 0.860. The Morgan fingerprint density at radius 3 is 2.68 bits per heavy atom. The number of fused-ring (bicyclic) bond motifs is 4. The van der Waals surface area contributed by atoms with Crippen LogP contribution in [0.15, 0.2) is 60.7 Å². The maximum absolute atomic E-state index is 13.6. The van der Waals surface area contributed by atoms with Crippen molar-refractivity contribution < 1.29 is 19.2 Å². The zero-order chi connectivity index (χ0) is 26.6. The Kier molecular flexibility index (Phi) is 6.21. The van der Waals surface area contributed by atoms with E-state index < -0.39 is 17.5 Å².